The van der Waals surface area contributed by atoms with Gasteiger partial charge in [0.05, 0.1) is 34.9 Å². The van der Waals surface area contributed by atoms with E-state index >= 15 is 0 Å². The number of ether oxygens (including phenoxy) is 1. The van der Waals surface area contributed by atoms with E-state index in [1.807, 2.05) is 18.2 Å². The first-order valence-corrected chi connectivity index (χ1v) is 12.7. The van der Waals surface area contributed by atoms with Crippen molar-refractivity contribution in [2.24, 2.45) is 0 Å². The number of hydrogen-bond acceptors (Lipinski definition) is 7. The molecule has 4 rings (SSSR count). The number of aromatic nitrogens is 3. The van der Waals surface area contributed by atoms with E-state index in [4.69, 9.17) is 21.6 Å². The van der Waals surface area contributed by atoms with Crippen molar-refractivity contribution in [3.05, 3.63) is 53.6 Å². The van der Waals surface area contributed by atoms with Gasteiger partial charge in [0, 0.05) is 30.8 Å². The number of para-hydroxylation sites is 1. The number of nitriles is 1. The lowest BCUT2D eigenvalue weighted by molar-refractivity contribution is 0.0730. The summed E-state index contributed by atoms with van der Waals surface area (Å²) in [4.78, 5) is 0.185. The Bertz CT molecular complexity index is 1250. The monoisotopic (exact) mass is 489 g/mol. The van der Waals surface area contributed by atoms with Gasteiger partial charge in [-0.25, -0.2) is 8.42 Å². The Morgan fingerprint density at radius 1 is 1.12 bits per heavy atom. The van der Waals surface area contributed by atoms with Crippen LogP contribution in [-0.4, -0.2) is 59.5 Å². The van der Waals surface area contributed by atoms with Gasteiger partial charge in [0.2, 0.25) is 10.0 Å². The van der Waals surface area contributed by atoms with E-state index in [1.165, 1.54) is 16.1 Å². The fourth-order valence-corrected chi connectivity index (χ4v) is 5.78. The van der Waals surface area contributed by atoms with Crippen LogP contribution in [0.1, 0.15) is 6.42 Å². The highest BCUT2D eigenvalue weighted by atomic mass is 35.5. The maximum atomic E-state index is 13.1. The van der Waals surface area contributed by atoms with E-state index in [9.17, 15) is 8.42 Å². The minimum atomic E-state index is -3.66. The Morgan fingerprint density at radius 2 is 1.91 bits per heavy atom. The van der Waals surface area contributed by atoms with Crippen LogP contribution in [0.15, 0.2) is 58.6 Å². The molecule has 0 saturated carbocycles. The third kappa shape index (κ3) is 4.67. The van der Waals surface area contributed by atoms with Gasteiger partial charge in [-0.3, -0.25) is 4.57 Å². The van der Waals surface area contributed by atoms with Crippen molar-refractivity contribution in [3.8, 4) is 23.1 Å². The summed E-state index contributed by atoms with van der Waals surface area (Å²) >= 11 is 7.85. The molecule has 0 spiro atoms. The highest BCUT2D eigenvalue weighted by Crippen LogP contribution is 2.32. The van der Waals surface area contributed by atoms with E-state index in [0.717, 1.165) is 0 Å². The van der Waals surface area contributed by atoms with E-state index in [2.05, 4.69) is 16.3 Å². The number of sulfonamides is 1. The zero-order valence-electron chi connectivity index (χ0n) is 17.0. The maximum absolute atomic E-state index is 13.1. The molecule has 1 saturated heterocycles. The standard InChI is InChI=1S/C21H20ClN5O3S2/c22-18-7-1-2-8-19(18)27-20(24-25-21(27)31-14-4-9-23)16-5-3-6-17(15-16)32(28,29)26-10-12-30-13-11-26/h1-3,5-8,15H,4,10-14H2. The van der Waals surface area contributed by atoms with Gasteiger partial charge in [-0.2, -0.15) is 9.57 Å². The SMILES string of the molecule is N#CCCSc1nnc(-c2cccc(S(=O)(=O)N3CCOCC3)c2)n1-c1ccccc1Cl. The van der Waals surface area contributed by atoms with Crippen LogP contribution in [-0.2, 0) is 14.8 Å². The summed E-state index contributed by atoms with van der Waals surface area (Å²) in [5, 5.41) is 18.6. The second-order valence-corrected chi connectivity index (χ2v) is 10.3. The molecule has 1 aliphatic rings. The summed E-state index contributed by atoms with van der Waals surface area (Å²) in [6.07, 6.45) is 0.364. The molecule has 8 nitrogen and oxygen atoms in total. The average Bonchev–Trinajstić information content (AvgIpc) is 3.24. The van der Waals surface area contributed by atoms with Crippen molar-refractivity contribution in [1.29, 1.82) is 5.26 Å². The third-order valence-electron chi connectivity index (χ3n) is 4.87. The van der Waals surface area contributed by atoms with E-state index in [1.54, 1.807) is 34.9 Å². The average molecular weight is 490 g/mol. The largest absolute Gasteiger partial charge is 0.379 e. The third-order valence-corrected chi connectivity index (χ3v) is 8.02. The van der Waals surface area contributed by atoms with Gasteiger partial charge in [-0.1, -0.05) is 47.6 Å². The molecule has 2 aromatic carbocycles. The lowest BCUT2D eigenvalue weighted by atomic mass is 10.2. The van der Waals surface area contributed by atoms with E-state index in [-0.39, 0.29) is 4.90 Å². The van der Waals surface area contributed by atoms with Crippen molar-refractivity contribution >= 4 is 33.4 Å². The maximum Gasteiger partial charge on any atom is 0.243 e. The summed E-state index contributed by atoms with van der Waals surface area (Å²) in [5.41, 5.74) is 1.27. The summed E-state index contributed by atoms with van der Waals surface area (Å²) in [6, 6.07) is 16.1. The van der Waals surface area contributed by atoms with Gasteiger partial charge in [0.1, 0.15) is 0 Å². The van der Waals surface area contributed by atoms with E-state index in [0.29, 0.717) is 65.7 Å². The molecule has 0 unspecified atom stereocenters. The highest BCUT2D eigenvalue weighted by molar-refractivity contribution is 7.99. The first kappa shape index (κ1) is 22.8. The van der Waals surface area contributed by atoms with Gasteiger partial charge < -0.3 is 4.74 Å². The van der Waals surface area contributed by atoms with Gasteiger partial charge in [-0.15, -0.1) is 10.2 Å². The molecule has 32 heavy (non-hydrogen) atoms. The van der Waals surface area contributed by atoms with Crippen molar-refractivity contribution in [1.82, 2.24) is 19.1 Å². The van der Waals surface area contributed by atoms with Crippen molar-refractivity contribution in [2.75, 3.05) is 32.1 Å². The molecule has 166 valence electrons. The number of thioether (sulfide) groups is 1. The lowest BCUT2D eigenvalue weighted by Crippen LogP contribution is -2.40. The van der Waals surface area contributed by atoms with Gasteiger partial charge in [0.15, 0.2) is 11.0 Å². The minimum absolute atomic E-state index is 0.185. The number of halogens is 1. The van der Waals surface area contributed by atoms with Gasteiger partial charge in [-0.05, 0) is 24.3 Å². The topological polar surface area (TPSA) is 101 Å². The zero-order valence-corrected chi connectivity index (χ0v) is 19.4. The number of morpholine rings is 1. The molecule has 11 heteroatoms. The zero-order chi connectivity index (χ0) is 22.6. The van der Waals surface area contributed by atoms with Crippen LogP contribution in [0.2, 0.25) is 5.02 Å². The van der Waals surface area contributed by atoms with Crippen molar-refractivity contribution < 1.29 is 13.2 Å². The molecule has 2 heterocycles. The fraction of sp³-hybridized carbons (Fsp3) is 0.286. The normalized spacial score (nSPS) is 14.9. The molecule has 1 fully saturated rings. The summed E-state index contributed by atoms with van der Waals surface area (Å²) in [5.74, 6) is 1.02. The van der Waals surface area contributed by atoms with E-state index < -0.39 is 10.0 Å². The molecular formula is C21H20ClN5O3S2. The molecule has 0 atom stereocenters. The molecular weight excluding hydrogens is 470 g/mol. The number of rotatable bonds is 7. The van der Waals surface area contributed by atoms with Crippen LogP contribution in [0.3, 0.4) is 0 Å². The fourth-order valence-electron chi connectivity index (χ4n) is 3.32. The molecule has 1 aromatic heterocycles. The molecule has 1 aliphatic heterocycles. The van der Waals surface area contributed by atoms with Gasteiger partial charge >= 0.3 is 0 Å². The lowest BCUT2D eigenvalue weighted by Gasteiger charge is -2.26. The van der Waals surface area contributed by atoms with Crippen LogP contribution in [0.4, 0.5) is 0 Å². The molecule has 0 radical (unpaired) electrons. The minimum Gasteiger partial charge on any atom is -0.379 e. The van der Waals surface area contributed by atoms with Crippen molar-refractivity contribution in [2.45, 2.75) is 16.5 Å². The Hall–Kier alpha value is -2.42. The highest BCUT2D eigenvalue weighted by Gasteiger charge is 2.27. The predicted octanol–water partition coefficient (Wildman–Crippen LogP) is 3.61. The Morgan fingerprint density at radius 3 is 2.66 bits per heavy atom. The molecule has 3 aromatic rings. The smallest absolute Gasteiger partial charge is 0.243 e. The van der Waals surface area contributed by atoms with Crippen LogP contribution < -0.4 is 0 Å². The molecule has 0 N–H and O–H groups in total. The second-order valence-electron chi connectivity index (χ2n) is 6.89. The Kier molecular flexibility index (Phi) is 7.13. The molecule has 0 aliphatic carbocycles. The second kappa shape index (κ2) is 10.0. The molecule has 0 bridgehead atoms. The Labute approximate surface area is 195 Å². The first-order chi connectivity index (χ1) is 15.5. The van der Waals surface area contributed by atoms with Crippen LogP contribution >= 0.6 is 23.4 Å². The van der Waals surface area contributed by atoms with Gasteiger partial charge in [0.25, 0.3) is 0 Å². The molecule has 0 amide bonds. The summed E-state index contributed by atoms with van der Waals surface area (Å²) in [6.45, 7) is 1.40. The van der Waals surface area contributed by atoms with Crippen LogP contribution in [0.25, 0.3) is 17.1 Å². The number of benzene rings is 2. The van der Waals surface area contributed by atoms with Crippen LogP contribution in [0, 0.1) is 11.3 Å². The first-order valence-electron chi connectivity index (χ1n) is 9.91. The van der Waals surface area contributed by atoms with Crippen molar-refractivity contribution in [3.63, 3.8) is 0 Å². The number of nitrogens with zero attached hydrogens (tertiary/aromatic N) is 5. The summed E-state index contributed by atoms with van der Waals surface area (Å²) in [7, 11) is -3.66. The van der Waals surface area contributed by atoms with Crippen LogP contribution in [0.5, 0.6) is 0 Å². The summed E-state index contributed by atoms with van der Waals surface area (Å²) < 4.78 is 34.8. The Balaban J connectivity index is 1.78. The quantitative estimate of drug-likeness (QED) is 0.369. The predicted molar refractivity (Wildman–Crippen MR) is 122 cm³/mol. The number of hydrogen-bond donors (Lipinski definition) is 0.